The van der Waals surface area contributed by atoms with Crippen LogP contribution in [0, 0.1) is 6.92 Å². The summed E-state index contributed by atoms with van der Waals surface area (Å²) in [6, 6.07) is 17.2. The average molecular weight is 237 g/mol. The Labute approximate surface area is 107 Å². The van der Waals surface area contributed by atoms with Crippen LogP contribution in [0.1, 0.15) is 12.5 Å². The monoisotopic (exact) mass is 237 g/mol. The van der Waals surface area contributed by atoms with E-state index in [0.29, 0.717) is 0 Å². The average Bonchev–Trinajstić information content (AvgIpc) is 2.79. The molecule has 3 aromatic rings. The quantitative estimate of drug-likeness (QED) is 0.605. The molecule has 0 fully saturated rings. The van der Waals surface area contributed by atoms with Crippen molar-refractivity contribution >= 4 is 11.0 Å². The smallest absolute Gasteiger partial charge is 0.230 e. The maximum atomic E-state index is 2.27. The van der Waals surface area contributed by atoms with Crippen LogP contribution in [0.5, 0.6) is 0 Å². The molecule has 0 saturated heterocycles. The molecule has 0 bridgehead atoms. The summed E-state index contributed by atoms with van der Waals surface area (Å²) in [5, 5.41) is 0. The Kier molecular flexibility index (Phi) is 2.63. The van der Waals surface area contributed by atoms with Crippen LogP contribution in [-0.2, 0) is 6.54 Å². The van der Waals surface area contributed by atoms with Gasteiger partial charge in [0.05, 0.1) is 6.54 Å². The molecule has 0 radical (unpaired) electrons. The number of aromatic nitrogens is 2. The number of para-hydroxylation sites is 2. The van der Waals surface area contributed by atoms with E-state index in [9.17, 15) is 0 Å². The zero-order valence-corrected chi connectivity index (χ0v) is 10.8. The Bertz CT molecular complexity index is 678. The molecule has 0 aliphatic rings. The first-order valence-electron chi connectivity index (χ1n) is 6.36. The lowest BCUT2D eigenvalue weighted by molar-refractivity contribution is -0.668. The van der Waals surface area contributed by atoms with E-state index in [0.717, 1.165) is 6.54 Å². The second-order valence-electron chi connectivity index (χ2n) is 4.60. The first-order chi connectivity index (χ1) is 8.79. The van der Waals surface area contributed by atoms with Gasteiger partial charge in [-0.1, -0.05) is 29.8 Å². The summed E-state index contributed by atoms with van der Waals surface area (Å²) in [4.78, 5) is 0. The first-order valence-corrected chi connectivity index (χ1v) is 6.36. The van der Waals surface area contributed by atoms with Gasteiger partial charge < -0.3 is 0 Å². The number of nitrogens with zero attached hydrogens (tertiary/aromatic N) is 2. The second kappa shape index (κ2) is 4.30. The fourth-order valence-electron chi connectivity index (χ4n) is 2.34. The lowest BCUT2D eigenvalue weighted by Crippen LogP contribution is -2.30. The standard InChI is InChI=1S/C16H17N2/c1-3-17-12-18(14-10-8-13(2)9-11-14)16-7-5-4-6-15(16)17/h4-12H,3H2,1-2H3/q+1. The van der Waals surface area contributed by atoms with Crippen LogP contribution < -0.4 is 4.57 Å². The van der Waals surface area contributed by atoms with E-state index in [1.165, 1.54) is 22.3 Å². The van der Waals surface area contributed by atoms with Gasteiger partial charge in [-0.15, -0.1) is 0 Å². The van der Waals surface area contributed by atoms with E-state index in [1.54, 1.807) is 0 Å². The molecule has 0 saturated carbocycles. The number of aryl methyl sites for hydroxylation is 2. The fraction of sp³-hybridized carbons (Fsp3) is 0.188. The van der Waals surface area contributed by atoms with Crippen molar-refractivity contribution in [2.75, 3.05) is 0 Å². The number of hydrogen-bond donors (Lipinski definition) is 0. The molecule has 2 aromatic carbocycles. The lowest BCUT2D eigenvalue weighted by atomic mass is 10.2. The van der Waals surface area contributed by atoms with Crippen molar-refractivity contribution in [2.24, 2.45) is 0 Å². The zero-order valence-electron chi connectivity index (χ0n) is 10.8. The Morgan fingerprint density at radius 1 is 1.00 bits per heavy atom. The SMILES string of the molecule is CC[n+]1cn(-c2ccc(C)cc2)c2ccccc21. The molecular formula is C16H17N2+. The van der Waals surface area contributed by atoms with Crippen LogP contribution in [-0.4, -0.2) is 4.57 Å². The van der Waals surface area contributed by atoms with Gasteiger partial charge in [-0.25, -0.2) is 4.57 Å². The van der Waals surface area contributed by atoms with Crippen LogP contribution >= 0.6 is 0 Å². The van der Waals surface area contributed by atoms with E-state index >= 15 is 0 Å². The predicted molar refractivity (Wildman–Crippen MR) is 73.9 cm³/mol. The molecule has 0 atom stereocenters. The fourth-order valence-corrected chi connectivity index (χ4v) is 2.34. The Morgan fingerprint density at radius 3 is 2.44 bits per heavy atom. The minimum Gasteiger partial charge on any atom is -0.230 e. The maximum Gasteiger partial charge on any atom is 0.249 e. The van der Waals surface area contributed by atoms with Crippen LogP contribution in [0.25, 0.3) is 16.7 Å². The van der Waals surface area contributed by atoms with Gasteiger partial charge in [0.1, 0.15) is 5.69 Å². The molecule has 2 heteroatoms. The number of benzene rings is 2. The normalized spacial score (nSPS) is 11.0. The van der Waals surface area contributed by atoms with Crippen molar-refractivity contribution in [3.8, 4) is 5.69 Å². The molecule has 2 nitrogen and oxygen atoms in total. The molecule has 0 spiro atoms. The summed E-state index contributed by atoms with van der Waals surface area (Å²) in [5.74, 6) is 0. The summed E-state index contributed by atoms with van der Waals surface area (Å²) in [6.07, 6.45) is 2.18. The number of rotatable bonds is 2. The minimum atomic E-state index is 0.985. The van der Waals surface area contributed by atoms with Crippen LogP contribution in [0.3, 0.4) is 0 Å². The molecule has 3 rings (SSSR count). The molecule has 0 aliphatic carbocycles. The largest absolute Gasteiger partial charge is 0.249 e. The third-order valence-corrected chi connectivity index (χ3v) is 3.36. The van der Waals surface area contributed by atoms with Gasteiger partial charge in [0.25, 0.3) is 0 Å². The van der Waals surface area contributed by atoms with Crippen LogP contribution in [0.15, 0.2) is 54.9 Å². The van der Waals surface area contributed by atoms with Gasteiger partial charge in [0.15, 0.2) is 11.0 Å². The highest BCUT2D eigenvalue weighted by Gasteiger charge is 2.14. The van der Waals surface area contributed by atoms with Crippen LogP contribution in [0.4, 0.5) is 0 Å². The Balaban J connectivity index is 2.26. The van der Waals surface area contributed by atoms with Crippen molar-refractivity contribution in [1.82, 2.24) is 4.57 Å². The molecular weight excluding hydrogens is 220 g/mol. The van der Waals surface area contributed by atoms with E-state index < -0.39 is 0 Å². The molecule has 1 heterocycles. The molecule has 0 N–H and O–H groups in total. The summed E-state index contributed by atoms with van der Waals surface area (Å²) in [7, 11) is 0. The molecule has 0 aliphatic heterocycles. The number of fused-ring (bicyclic) bond motifs is 1. The van der Waals surface area contributed by atoms with Crippen molar-refractivity contribution < 1.29 is 4.57 Å². The third kappa shape index (κ3) is 1.70. The number of hydrogen-bond acceptors (Lipinski definition) is 0. The van der Waals surface area contributed by atoms with Gasteiger partial charge in [0.2, 0.25) is 6.33 Å². The molecule has 18 heavy (non-hydrogen) atoms. The van der Waals surface area contributed by atoms with Gasteiger partial charge in [-0.3, -0.25) is 0 Å². The highest BCUT2D eigenvalue weighted by Crippen LogP contribution is 2.17. The second-order valence-corrected chi connectivity index (χ2v) is 4.60. The molecule has 90 valence electrons. The number of imidazole rings is 1. The van der Waals surface area contributed by atoms with Crippen molar-refractivity contribution in [3.63, 3.8) is 0 Å². The lowest BCUT2D eigenvalue weighted by Gasteiger charge is -1.97. The Hall–Kier alpha value is -2.09. The van der Waals surface area contributed by atoms with Crippen molar-refractivity contribution in [1.29, 1.82) is 0 Å². The topological polar surface area (TPSA) is 8.81 Å². The molecule has 1 aromatic heterocycles. The zero-order chi connectivity index (χ0) is 12.5. The van der Waals surface area contributed by atoms with E-state index in [2.05, 4.69) is 77.8 Å². The summed E-state index contributed by atoms with van der Waals surface area (Å²) < 4.78 is 4.52. The van der Waals surface area contributed by atoms with Crippen molar-refractivity contribution in [2.45, 2.75) is 20.4 Å². The highest BCUT2D eigenvalue weighted by molar-refractivity contribution is 5.73. The third-order valence-electron chi connectivity index (χ3n) is 3.36. The predicted octanol–water partition coefficient (Wildman–Crippen LogP) is 3.25. The van der Waals surface area contributed by atoms with E-state index in [1.807, 2.05) is 0 Å². The van der Waals surface area contributed by atoms with Crippen LogP contribution in [0.2, 0.25) is 0 Å². The van der Waals surface area contributed by atoms with E-state index in [-0.39, 0.29) is 0 Å². The summed E-state index contributed by atoms with van der Waals surface area (Å²) >= 11 is 0. The van der Waals surface area contributed by atoms with Gasteiger partial charge in [-0.2, -0.15) is 4.57 Å². The highest BCUT2D eigenvalue weighted by atomic mass is 15.1. The summed E-state index contributed by atoms with van der Waals surface area (Å²) in [6.45, 7) is 5.27. The van der Waals surface area contributed by atoms with Gasteiger partial charge >= 0.3 is 0 Å². The molecule has 0 unspecified atom stereocenters. The van der Waals surface area contributed by atoms with Gasteiger partial charge in [-0.05, 0) is 38.1 Å². The van der Waals surface area contributed by atoms with E-state index in [4.69, 9.17) is 0 Å². The van der Waals surface area contributed by atoms with Gasteiger partial charge in [0, 0.05) is 0 Å². The molecule has 0 amide bonds. The van der Waals surface area contributed by atoms with Crippen molar-refractivity contribution in [3.05, 3.63) is 60.4 Å². The minimum absolute atomic E-state index is 0.985. The summed E-state index contributed by atoms with van der Waals surface area (Å²) in [5.41, 5.74) is 5.03. The first kappa shape index (κ1) is 11.0. The Morgan fingerprint density at radius 2 is 1.72 bits per heavy atom. The maximum absolute atomic E-state index is 2.27.